The van der Waals surface area contributed by atoms with Gasteiger partial charge >= 0.3 is 12.5 Å². The Bertz CT molecular complexity index is 502. The lowest BCUT2D eigenvalue weighted by Gasteiger charge is -2.36. The fourth-order valence-corrected chi connectivity index (χ4v) is 2.43. The molecule has 1 aliphatic heterocycles. The Morgan fingerprint density at radius 2 is 1.65 bits per heavy atom. The van der Waals surface area contributed by atoms with E-state index in [-0.39, 0.29) is 31.1 Å². The van der Waals surface area contributed by atoms with Crippen molar-refractivity contribution >= 4 is 12.4 Å². The second-order valence-corrected chi connectivity index (χ2v) is 4.85. The van der Waals surface area contributed by atoms with Gasteiger partial charge < -0.3 is 10.1 Å². The molecule has 1 aromatic rings. The number of benzene rings is 1. The monoisotopic (exact) mass is 364 g/mol. The van der Waals surface area contributed by atoms with Gasteiger partial charge in [0.15, 0.2) is 0 Å². The molecular weight excluding hydrogens is 350 g/mol. The molecule has 0 saturated carbocycles. The van der Waals surface area contributed by atoms with Crippen molar-refractivity contribution in [2.24, 2.45) is 0 Å². The van der Waals surface area contributed by atoms with Gasteiger partial charge in [0.2, 0.25) is 0 Å². The number of hydrogen-bond acceptors (Lipinski definition) is 3. The molecule has 2 rings (SSSR count). The number of hydrogen-bond donors (Lipinski definition) is 1. The van der Waals surface area contributed by atoms with Gasteiger partial charge in [0.1, 0.15) is 11.8 Å². The summed E-state index contributed by atoms with van der Waals surface area (Å²) in [5.41, 5.74) is -0.267. The van der Waals surface area contributed by atoms with E-state index in [2.05, 4.69) is 10.1 Å². The third-order valence-electron chi connectivity index (χ3n) is 3.23. The molecule has 10 heteroatoms. The van der Waals surface area contributed by atoms with Crippen LogP contribution in [0.5, 0.6) is 5.75 Å². The Hall–Kier alpha value is -1.19. The van der Waals surface area contributed by atoms with E-state index >= 15 is 0 Å². The molecule has 1 saturated heterocycles. The molecule has 1 N–H and O–H groups in total. The van der Waals surface area contributed by atoms with Gasteiger partial charge in [0, 0.05) is 26.2 Å². The maximum Gasteiger partial charge on any atom is 0.573 e. The maximum absolute atomic E-state index is 13.3. The fourth-order valence-electron chi connectivity index (χ4n) is 2.43. The highest BCUT2D eigenvalue weighted by Crippen LogP contribution is 2.39. The second kappa shape index (κ2) is 7.59. The molecule has 0 amide bonds. The zero-order chi connectivity index (χ0) is 16.4. The first-order valence-corrected chi connectivity index (χ1v) is 6.54. The molecule has 0 aromatic heterocycles. The molecule has 0 radical (unpaired) electrons. The number of nitrogens with zero attached hydrogens (tertiary/aromatic N) is 1. The Kier molecular flexibility index (Phi) is 6.55. The molecule has 0 unspecified atom stereocenters. The van der Waals surface area contributed by atoms with Crippen molar-refractivity contribution in [2.75, 3.05) is 26.2 Å². The molecule has 0 bridgehead atoms. The molecule has 23 heavy (non-hydrogen) atoms. The third kappa shape index (κ3) is 5.74. The van der Waals surface area contributed by atoms with Gasteiger partial charge in [-0.15, -0.1) is 25.6 Å². The van der Waals surface area contributed by atoms with E-state index in [0.29, 0.717) is 13.1 Å². The van der Waals surface area contributed by atoms with Crippen LogP contribution in [-0.2, 0) is 0 Å². The molecule has 0 aliphatic carbocycles. The van der Waals surface area contributed by atoms with Crippen molar-refractivity contribution in [3.8, 4) is 5.75 Å². The second-order valence-electron chi connectivity index (χ2n) is 4.85. The van der Waals surface area contributed by atoms with Crippen LogP contribution in [0.1, 0.15) is 11.6 Å². The van der Waals surface area contributed by atoms with Crippen LogP contribution < -0.4 is 10.1 Å². The normalized spacial score (nSPS) is 18.2. The largest absolute Gasteiger partial charge is 0.573 e. The molecule has 1 fully saturated rings. The minimum atomic E-state index is -4.94. The lowest BCUT2D eigenvalue weighted by molar-refractivity contribution is -0.274. The smallest absolute Gasteiger partial charge is 0.406 e. The fraction of sp³-hybridized carbons (Fsp3) is 0.538. The van der Waals surface area contributed by atoms with E-state index < -0.39 is 24.3 Å². The number of nitrogens with one attached hydrogen (secondary N) is 1. The zero-order valence-corrected chi connectivity index (χ0v) is 12.6. The highest BCUT2D eigenvalue weighted by Gasteiger charge is 2.45. The van der Waals surface area contributed by atoms with Crippen LogP contribution in [-0.4, -0.2) is 43.6 Å². The topological polar surface area (TPSA) is 24.5 Å². The minimum Gasteiger partial charge on any atom is -0.406 e. The summed E-state index contributed by atoms with van der Waals surface area (Å²) < 4.78 is 80.3. The number of rotatable bonds is 3. The summed E-state index contributed by atoms with van der Waals surface area (Å²) in [6.07, 6.45) is -9.53. The predicted molar refractivity (Wildman–Crippen MR) is 73.6 cm³/mol. The highest BCUT2D eigenvalue weighted by atomic mass is 35.5. The Balaban J connectivity index is 0.00000264. The quantitative estimate of drug-likeness (QED) is 0.831. The lowest BCUT2D eigenvalue weighted by Crippen LogP contribution is -2.49. The van der Waals surface area contributed by atoms with Gasteiger partial charge in [-0.05, 0) is 17.7 Å². The van der Waals surface area contributed by atoms with Crippen LogP contribution >= 0.6 is 12.4 Å². The summed E-state index contributed by atoms with van der Waals surface area (Å²) in [5.74, 6) is -0.658. The van der Waals surface area contributed by atoms with Crippen LogP contribution in [0, 0.1) is 0 Å². The molecule has 1 atom stereocenters. The van der Waals surface area contributed by atoms with Crippen LogP contribution in [0.25, 0.3) is 0 Å². The summed E-state index contributed by atoms with van der Waals surface area (Å²) in [7, 11) is 0. The van der Waals surface area contributed by atoms with Gasteiger partial charge in [-0.3, -0.25) is 4.90 Å². The Morgan fingerprint density at radius 3 is 2.17 bits per heavy atom. The number of halogens is 7. The van der Waals surface area contributed by atoms with E-state index in [0.717, 1.165) is 24.3 Å². The average Bonchev–Trinajstić information content (AvgIpc) is 2.37. The first-order valence-electron chi connectivity index (χ1n) is 6.54. The van der Waals surface area contributed by atoms with E-state index in [1.807, 2.05) is 0 Å². The van der Waals surface area contributed by atoms with E-state index in [1.54, 1.807) is 0 Å². The van der Waals surface area contributed by atoms with Crippen LogP contribution in [0.2, 0.25) is 0 Å². The Morgan fingerprint density at radius 1 is 1.04 bits per heavy atom. The number of piperazine rings is 1. The van der Waals surface area contributed by atoms with Crippen LogP contribution in [0.3, 0.4) is 0 Å². The zero-order valence-electron chi connectivity index (χ0n) is 11.7. The summed E-state index contributed by atoms with van der Waals surface area (Å²) >= 11 is 0. The van der Waals surface area contributed by atoms with Crippen molar-refractivity contribution < 1.29 is 31.1 Å². The molecule has 3 nitrogen and oxygen atoms in total. The van der Waals surface area contributed by atoms with Gasteiger partial charge in [-0.1, -0.05) is 12.1 Å². The van der Waals surface area contributed by atoms with Crippen LogP contribution in [0.15, 0.2) is 24.3 Å². The first kappa shape index (κ1) is 19.9. The van der Waals surface area contributed by atoms with Gasteiger partial charge in [-0.2, -0.15) is 13.2 Å². The maximum atomic E-state index is 13.3. The van der Waals surface area contributed by atoms with Gasteiger partial charge in [-0.25, -0.2) is 0 Å². The minimum absolute atomic E-state index is 0. The van der Waals surface area contributed by atoms with Crippen molar-refractivity contribution in [2.45, 2.75) is 18.6 Å². The van der Waals surface area contributed by atoms with E-state index in [9.17, 15) is 26.3 Å². The van der Waals surface area contributed by atoms with Crippen molar-refractivity contribution in [3.63, 3.8) is 0 Å². The van der Waals surface area contributed by atoms with Crippen molar-refractivity contribution in [1.82, 2.24) is 10.2 Å². The van der Waals surface area contributed by atoms with Crippen molar-refractivity contribution in [1.29, 1.82) is 0 Å². The molecule has 132 valence electrons. The predicted octanol–water partition coefficient (Wildman–Crippen LogP) is 3.52. The lowest BCUT2D eigenvalue weighted by atomic mass is 10.0. The summed E-state index contributed by atoms with van der Waals surface area (Å²) in [5, 5.41) is 2.93. The van der Waals surface area contributed by atoms with Gasteiger partial charge in [0.05, 0.1) is 0 Å². The molecular formula is C13H15ClF6N2O. The van der Waals surface area contributed by atoms with Gasteiger partial charge in [0.25, 0.3) is 0 Å². The molecule has 1 heterocycles. The number of ether oxygens (including phenoxy) is 1. The van der Waals surface area contributed by atoms with Crippen molar-refractivity contribution in [3.05, 3.63) is 29.8 Å². The standard InChI is InChI=1S/C13H14F6N2O.ClH/c14-12(15,16)11(21-6-4-20-5-7-21)9-2-1-3-10(8-9)22-13(17,18)19;/h1-3,8,11,20H,4-7H2;1H/t11-;/m0./s1. The third-order valence-corrected chi connectivity index (χ3v) is 3.23. The highest BCUT2D eigenvalue weighted by molar-refractivity contribution is 5.85. The molecule has 1 aliphatic rings. The first-order chi connectivity index (χ1) is 10.2. The summed E-state index contributed by atoms with van der Waals surface area (Å²) in [4.78, 5) is 1.20. The summed E-state index contributed by atoms with van der Waals surface area (Å²) in [6.45, 7) is 1.11. The average molecular weight is 365 g/mol. The molecule has 0 spiro atoms. The summed E-state index contributed by atoms with van der Waals surface area (Å²) in [6, 6.07) is 2.09. The molecule has 1 aromatic carbocycles. The number of alkyl halides is 6. The van der Waals surface area contributed by atoms with Crippen LogP contribution in [0.4, 0.5) is 26.3 Å². The Labute approximate surface area is 135 Å². The van der Waals surface area contributed by atoms with E-state index in [4.69, 9.17) is 0 Å². The van der Waals surface area contributed by atoms with E-state index in [1.165, 1.54) is 4.90 Å². The SMILES string of the molecule is Cl.FC(F)(F)Oc1cccc([C@H](N2CCNCC2)C(F)(F)F)c1.